The molecule has 1 aliphatic heterocycles. The fourth-order valence-electron chi connectivity index (χ4n) is 2.52. The average molecular weight is 482 g/mol. The molecule has 1 heterocycles. The maximum absolute atomic E-state index is 11.8. The number of benzene rings is 1. The van der Waals surface area contributed by atoms with Crippen molar-refractivity contribution in [3.05, 3.63) is 29.8 Å². The number of hydrogen-bond donors (Lipinski definition) is 2. The van der Waals surface area contributed by atoms with Gasteiger partial charge in [0.1, 0.15) is 5.75 Å². The minimum Gasteiger partial charge on any atom is -0.497 e. The molecule has 1 aromatic carbocycles. The maximum atomic E-state index is 11.8. The van der Waals surface area contributed by atoms with Crippen molar-refractivity contribution in [1.29, 1.82) is 0 Å². The second-order valence-corrected chi connectivity index (χ2v) is 7.63. The first kappa shape index (κ1) is 22.0. The fourth-order valence-corrected chi connectivity index (χ4v) is 4.05. The molecule has 0 saturated carbocycles. The lowest BCUT2D eigenvalue weighted by molar-refractivity contribution is 0.414. The van der Waals surface area contributed by atoms with E-state index in [1.54, 1.807) is 7.11 Å². The first-order valence-electron chi connectivity index (χ1n) is 8.18. The molecule has 2 N–H and O–H groups in total. The Labute approximate surface area is 167 Å². The lowest BCUT2D eigenvalue weighted by Gasteiger charge is -2.16. The summed E-state index contributed by atoms with van der Waals surface area (Å²) in [4.78, 5) is 4.53. The molecule has 0 aromatic heterocycles. The minimum absolute atomic E-state index is 0. The summed E-state index contributed by atoms with van der Waals surface area (Å²) >= 11 is 0. The Kier molecular flexibility index (Phi) is 9.51. The van der Waals surface area contributed by atoms with Crippen molar-refractivity contribution in [3.8, 4) is 5.75 Å². The molecule has 0 radical (unpaired) electrons. The van der Waals surface area contributed by atoms with Gasteiger partial charge in [-0.3, -0.25) is 0 Å². The second-order valence-electron chi connectivity index (χ2n) is 5.54. The monoisotopic (exact) mass is 482 g/mol. The third-order valence-corrected chi connectivity index (χ3v) is 5.71. The standard InChI is InChI=1S/C16H26N4O3S.HI/c1-3-17-16(18-8-10-20-9-5-11-24(20,21)22)19-13-14-6-4-7-15(12-14)23-2;/h4,6-7,12H,3,5,8-11,13H2,1-2H3,(H2,17,18,19);1H. The van der Waals surface area contributed by atoms with Crippen molar-refractivity contribution in [1.82, 2.24) is 14.9 Å². The van der Waals surface area contributed by atoms with Crippen LogP contribution in [0.1, 0.15) is 18.9 Å². The van der Waals surface area contributed by atoms with Gasteiger partial charge in [-0.1, -0.05) is 12.1 Å². The Morgan fingerprint density at radius 2 is 2.16 bits per heavy atom. The van der Waals surface area contributed by atoms with Gasteiger partial charge in [-0.2, -0.15) is 0 Å². The van der Waals surface area contributed by atoms with Crippen LogP contribution >= 0.6 is 24.0 Å². The van der Waals surface area contributed by atoms with Gasteiger partial charge >= 0.3 is 0 Å². The number of nitrogens with one attached hydrogen (secondary N) is 2. The number of hydrogen-bond acceptors (Lipinski definition) is 4. The van der Waals surface area contributed by atoms with Gasteiger partial charge in [0.2, 0.25) is 10.0 Å². The van der Waals surface area contributed by atoms with Crippen LogP contribution in [0, 0.1) is 0 Å². The number of rotatable bonds is 7. The zero-order valence-corrected chi connectivity index (χ0v) is 17.8. The van der Waals surface area contributed by atoms with Gasteiger partial charge in [0.05, 0.1) is 19.4 Å². The zero-order chi connectivity index (χ0) is 17.4. The lowest BCUT2D eigenvalue weighted by atomic mass is 10.2. The number of sulfonamides is 1. The third-order valence-electron chi connectivity index (χ3n) is 3.75. The van der Waals surface area contributed by atoms with Gasteiger partial charge in [0, 0.05) is 26.2 Å². The molecular formula is C16H27IN4O3S. The Morgan fingerprint density at radius 3 is 2.80 bits per heavy atom. The molecule has 0 unspecified atom stereocenters. The van der Waals surface area contributed by atoms with E-state index >= 15 is 0 Å². The molecule has 0 amide bonds. The second kappa shape index (κ2) is 10.8. The van der Waals surface area contributed by atoms with E-state index in [1.807, 2.05) is 31.2 Å². The van der Waals surface area contributed by atoms with Crippen LogP contribution in [-0.4, -0.2) is 57.7 Å². The van der Waals surface area contributed by atoms with E-state index in [1.165, 1.54) is 4.31 Å². The normalized spacial score (nSPS) is 17.0. The largest absolute Gasteiger partial charge is 0.497 e. The highest BCUT2D eigenvalue weighted by molar-refractivity contribution is 14.0. The van der Waals surface area contributed by atoms with Gasteiger partial charge < -0.3 is 15.4 Å². The predicted octanol–water partition coefficient (Wildman–Crippen LogP) is 1.40. The summed E-state index contributed by atoms with van der Waals surface area (Å²) in [6.07, 6.45) is 0.715. The number of ether oxygens (including phenoxy) is 1. The fraction of sp³-hybridized carbons (Fsp3) is 0.562. The first-order chi connectivity index (χ1) is 11.5. The molecule has 0 bridgehead atoms. The highest BCUT2D eigenvalue weighted by Gasteiger charge is 2.27. The summed E-state index contributed by atoms with van der Waals surface area (Å²) in [6.45, 7) is 4.87. The number of guanidine groups is 1. The molecule has 2 rings (SSSR count). The van der Waals surface area contributed by atoms with E-state index < -0.39 is 10.0 Å². The van der Waals surface area contributed by atoms with Gasteiger partial charge in [0.15, 0.2) is 5.96 Å². The van der Waals surface area contributed by atoms with Gasteiger partial charge in [0.25, 0.3) is 0 Å². The molecule has 1 saturated heterocycles. The molecular weight excluding hydrogens is 455 g/mol. The van der Waals surface area contributed by atoms with Crippen LogP contribution in [0.15, 0.2) is 29.3 Å². The molecule has 1 aromatic rings. The highest BCUT2D eigenvalue weighted by atomic mass is 127. The number of halogens is 1. The molecule has 7 nitrogen and oxygen atoms in total. The van der Waals surface area contributed by atoms with Gasteiger partial charge in [-0.15, -0.1) is 24.0 Å². The molecule has 9 heteroatoms. The number of aliphatic imine (C=N–C) groups is 1. The topological polar surface area (TPSA) is 83.0 Å². The molecule has 0 atom stereocenters. The van der Waals surface area contributed by atoms with Crippen molar-refractivity contribution in [2.75, 3.05) is 39.0 Å². The molecule has 0 aliphatic carbocycles. The van der Waals surface area contributed by atoms with Crippen molar-refractivity contribution >= 4 is 40.0 Å². The van der Waals surface area contributed by atoms with Crippen LogP contribution in [0.4, 0.5) is 0 Å². The number of methoxy groups -OCH3 is 1. The van der Waals surface area contributed by atoms with Crippen LogP contribution in [0.2, 0.25) is 0 Å². The smallest absolute Gasteiger partial charge is 0.214 e. The molecule has 0 spiro atoms. The summed E-state index contributed by atoms with van der Waals surface area (Å²) in [5.74, 6) is 1.74. The summed E-state index contributed by atoms with van der Waals surface area (Å²) in [6, 6.07) is 7.77. The molecule has 25 heavy (non-hydrogen) atoms. The van der Waals surface area contributed by atoms with Crippen molar-refractivity contribution < 1.29 is 13.2 Å². The predicted molar refractivity (Wildman–Crippen MR) is 111 cm³/mol. The van der Waals surface area contributed by atoms with E-state index in [-0.39, 0.29) is 29.7 Å². The lowest BCUT2D eigenvalue weighted by Crippen LogP contribution is -2.42. The van der Waals surface area contributed by atoms with Crippen LogP contribution in [0.5, 0.6) is 5.75 Å². The van der Waals surface area contributed by atoms with Gasteiger partial charge in [-0.05, 0) is 31.0 Å². The Balaban J connectivity index is 0.00000312. The van der Waals surface area contributed by atoms with E-state index in [0.29, 0.717) is 38.6 Å². The summed E-state index contributed by atoms with van der Waals surface area (Å²) < 4.78 is 30.3. The highest BCUT2D eigenvalue weighted by Crippen LogP contribution is 2.13. The van der Waals surface area contributed by atoms with Crippen LogP contribution in [-0.2, 0) is 16.6 Å². The molecule has 1 fully saturated rings. The van der Waals surface area contributed by atoms with Crippen LogP contribution in [0.3, 0.4) is 0 Å². The Morgan fingerprint density at radius 1 is 1.36 bits per heavy atom. The Bertz CT molecular complexity index is 667. The van der Waals surface area contributed by atoms with Crippen molar-refractivity contribution in [2.24, 2.45) is 4.99 Å². The Hall–Kier alpha value is -1.07. The SMILES string of the molecule is CCNC(=NCc1cccc(OC)c1)NCCN1CCCS1(=O)=O.I. The van der Waals surface area contributed by atoms with E-state index in [0.717, 1.165) is 17.9 Å². The number of nitrogens with zero attached hydrogens (tertiary/aromatic N) is 2. The van der Waals surface area contributed by atoms with Crippen molar-refractivity contribution in [3.63, 3.8) is 0 Å². The summed E-state index contributed by atoms with van der Waals surface area (Å²) in [5, 5.41) is 6.35. The van der Waals surface area contributed by atoms with E-state index in [2.05, 4.69) is 15.6 Å². The van der Waals surface area contributed by atoms with Crippen LogP contribution in [0.25, 0.3) is 0 Å². The summed E-state index contributed by atoms with van der Waals surface area (Å²) in [7, 11) is -1.40. The first-order valence-corrected chi connectivity index (χ1v) is 9.79. The third kappa shape index (κ3) is 6.98. The quantitative estimate of drug-likeness (QED) is 0.349. The zero-order valence-electron chi connectivity index (χ0n) is 14.7. The van der Waals surface area contributed by atoms with Crippen molar-refractivity contribution in [2.45, 2.75) is 19.9 Å². The van der Waals surface area contributed by atoms with E-state index in [9.17, 15) is 8.42 Å². The maximum Gasteiger partial charge on any atom is 0.214 e. The summed E-state index contributed by atoms with van der Waals surface area (Å²) in [5.41, 5.74) is 1.05. The minimum atomic E-state index is -3.04. The van der Waals surface area contributed by atoms with Gasteiger partial charge in [-0.25, -0.2) is 17.7 Å². The van der Waals surface area contributed by atoms with E-state index in [4.69, 9.17) is 4.74 Å². The molecule has 1 aliphatic rings. The average Bonchev–Trinajstić information content (AvgIpc) is 2.91. The molecule has 142 valence electrons. The van der Waals surface area contributed by atoms with Crippen LogP contribution < -0.4 is 15.4 Å².